The van der Waals surface area contributed by atoms with Gasteiger partial charge in [0, 0.05) is 37.9 Å². The standard InChI is InChI=1S/C29H37F2N3O7S2/c1-7-29(8-2)17-42-25(32-29)26(35)34(43(38,39)23-15-20(30)14-21(31)16-23)24(27(36)40-18(3)4)13-19-9-11-22(12-10-19)41-28(37)33(5)6/h9-12,14-16,18,24-25,32H,7-8,13,17H2,1-6H3/t24-,25-/m0/s1. The van der Waals surface area contributed by atoms with Crippen molar-refractivity contribution in [1.29, 1.82) is 0 Å². The minimum atomic E-state index is -4.99. The maximum absolute atomic E-state index is 14.2. The first-order valence-electron chi connectivity index (χ1n) is 13.7. The summed E-state index contributed by atoms with van der Waals surface area (Å²) < 4.78 is 67.6. The highest BCUT2D eigenvalue weighted by Gasteiger charge is 2.48. The van der Waals surface area contributed by atoms with Crippen molar-refractivity contribution in [3.8, 4) is 5.75 Å². The molecular weight excluding hydrogens is 604 g/mol. The lowest BCUT2D eigenvalue weighted by Gasteiger charge is -2.33. The van der Waals surface area contributed by atoms with E-state index in [1.807, 2.05) is 13.8 Å². The third-order valence-corrected chi connectivity index (χ3v) is 10.1. The molecule has 14 heteroatoms. The topological polar surface area (TPSA) is 122 Å². The largest absolute Gasteiger partial charge is 0.461 e. The summed E-state index contributed by atoms with van der Waals surface area (Å²) in [4.78, 5) is 40.0. The molecule has 0 bridgehead atoms. The van der Waals surface area contributed by atoms with E-state index in [1.165, 1.54) is 55.0 Å². The number of rotatable bonds is 11. The number of hydrogen-bond acceptors (Lipinski definition) is 9. The maximum Gasteiger partial charge on any atom is 0.414 e. The summed E-state index contributed by atoms with van der Waals surface area (Å²) in [7, 11) is -1.96. The fourth-order valence-electron chi connectivity index (χ4n) is 4.42. The number of ether oxygens (including phenoxy) is 2. The van der Waals surface area contributed by atoms with Crippen LogP contribution in [0, 0.1) is 11.6 Å². The summed E-state index contributed by atoms with van der Waals surface area (Å²) in [5, 5.41) is 2.16. The van der Waals surface area contributed by atoms with E-state index in [0.717, 1.165) is 0 Å². The second-order valence-electron chi connectivity index (χ2n) is 10.7. The van der Waals surface area contributed by atoms with E-state index in [9.17, 15) is 31.6 Å². The van der Waals surface area contributed by atoms with Gasteiger partial charge in [0.05, 0.1) is 11.0 Å². The van der Waals surface area contributed by atoms with Crippen molar-refractivity contribution in [2.24, 2.45) is 0 Å². The molecule has 0 saturated carbocycles. The zero-order valence-electron chi connectivity index (χ0n) is 24.9. The average Bonchev–Trinajstić information content (AvgIpc) is 3.38. The van der Waals surface area contributed by atoms with Crippen LogP contribution < -0.4 is 10.1 Å². The summed E-state index contributed by atoms with van der Waals surface area (Å²) in [6.45, 7) is 7.01. The molecule has 1 fully saturated rings. The molecule has 1 heterocycles. The molecule has 1 aliphatic rings. The molecule has 2 atom stereocenters. The predicted octanol–water partition coefficient (Wildman–Crippen LogP) is 4.33. The van der Waals surface area contributed by atoms with Crippen LogP contribution >= 0.6 is 11.8 Å². The molecule has 43 heavy (non-hydrogen) atoms. The first-order valence-corrected chi connectivity index (χ1v) is 16.2. The summed E-state index contributed by atoms with van der Waals surface area (Å²) >= 11 is 1.19. The average molecular weight is 642 g/mol. The van der Waals surface area contributed by atoms with Gasteiger partial charge >= 0.3 is 12.1 Å². The first-order chi connectivity index (χ1) is 20.1. The summed E-state index contributed by atoms with van der Waals surface area (Å²) in [6.07, 6.45) is -0.299. The molecule has 236 valence electrons. The Morgan fingerprint density at radius 3 is 2.12 bits per heavy atom. The van der Waals surface area contributed by atoms with Crippen LogP contribution in [0.1, 0.15) is 46.1 Å². The van der Waals surface area contributed by atoms with Crippen molar-refractivity contribution in [2.45, 2.75) is 74.9 Å². The van der Waals surface area contributed by atoms with Gasteiger partial charge in [-0.2, -0.15) is 0 Å². The smallest absolute Gasteiger partial charge is 0.414 e. The molecule has 10 nitrogen and oxygen atoms in total. The lowest BCUT2D eigenvalue weighted by Crippen LogP contribution is -2.56. The third-order valence-electron chi connectivity index (χ3n) is 6.98. The van der Waals surface area contributed by atoms with Gasteiger partial charge < -0.3 is 14.4 Å². The highest BCUT2D eigenvalue weighted by atomic mass is 32.2. The number of sulfonamides is 1. The molecule has 2 amide bonds. The number of hydrogen-bond donors (Lipinski definition) is 1. The lowest BCUT2D eigenvalue weighted by atomic mass is 9.95. The van der Waals surface area contributed by atoms with Gasteiger partial charge in [0.25, 0.3) is 15.9 Å². The molecule has 1 aliphatic heterocycles. The molecule has 1 saturated heterocycles. The molecule has 1 N–H and O–H groups in total. The van der Waals surface area contributed by atoms with Crippen LogP contribution in [0.3, 0.4) is 0 Å². The van der Waals surface area contributed by atoms with E-state index in [4.69, 9.17) is 9.47 Å². The van der Waals surface area contributed by atoms with E-state index in [2.05, 4.69) is 5.32 Å². The Morgan fingerprint density at radius 2 is 1.63 bits per heavy atom. The van der Waals surface area contributed by atoms with E-state index in [1.54, 1.807) is 13.8 Å². The van der Waals surface area contributed by atoms with Crippen LogP contribution in [0.5, 0.6) is 5.75 Å². The van der Waals surface area contributed by atoms with Crippen molar-refractivity contribution < 1.29 is 41.1 Å². The molecule has 0 radical (unpaired) electrons. The third kappa shape index (κ3) is 8.24. The molecular formula is C29H37F2N3O7S2. The number of benzene rings is 2. The number of halogens is 2. The number of nitrogens with one attached hydrogen (secondary N) is 1. The summed E-state index contributed by atoms with van der Waals surface area (Å²) in [5.74, 6) is -3.62. The number of nitrogens with zero attached hydrogens (tertiary/aromatic N) is 2. The van der Waals surface area contributed by atoms with Crippen LogP contribution in [0.4, 0.5) is 13.6 Å². The van der Waals surface area contributed by atoms with Gasteiger partial charge in [-0.25, -0.2) is 31.1 Å². The summed E-state index contributed by atoms with van der Waals surface area (Å²) in [6, 6.07) is 5.88. The zero-order valence-corrected chi connectivity index (χ0v) is 26.6. The number of amides is 2. The van der Waals surface area contributed by atoms with Gasteiger partial charge in [-0.1, -0.05) is 26.0 Å². The van der Waals surface area contributed by atoms with E-state index in [-0.39, 0.29) is 12.2 Å². The van der Waals surface area contributed by atoms with Crippen molar-refractivity contribution in [3.63, 3.8) is 0 Å². The summed E-state index contributed by atoms with van der Waals surface area (Å²) in [5.41, 5.74) is -0.0450. The second kappa shape index (κ2) is 14.0. The Kier molecular flexibility index (Phi) is 11.2. The Bertz CT molecular complexity index is 1410. The highest BCUT2D eigenvalue weighted by molar-refractivity contribution is 8.01. The van der Waals surface area contributed by atoms with Crippen LogP contribution in [-0.4, -0.2) is 78.5 Å². The van der Waals surface area contributed by atoms with Crippen molar-refractivity contribution in [3.05, 3.63) is 59.7 Å². The minimum Gasteiger partial charge on any atom is -0.461 e. The van der Waals surface area contributed by atoms with Crippen molar-refractivity contribution in [1.82, 2.24) is 14.5 Å². The monoisotopic (exact) mass is 641 g/mol. The zero-order chi connectivity index (χ0) is 32.1. The first kappa shape index (κ1) is 34.3. The predicted molar refractivity (Wildman–Crippen MR) is 158 cm³/mol. The van der Waals surface area contributed by atoms with Crippen molar-refractivity contribution in [2.75, 3.05) is 19.8 Å². The van der Waals surface area contributed by atoms with E-state index in [0.29, 0.717) is 46.7 Å². The van der Waals surface area contributed by atoms with Gasteiger partial charge in [-0.05, 0) is 56.5 Å². The van der Waals surface area contributed by atoms with E-state index < -0.39 is 67.6 Å². The molecule has 0 aromatic heterocycles. The quantitative estimate of drug-likeness (QED) is 0.358. The van der Waals surface area contributed by atoms with Gasteiger partial charge in [-0.3, -0.25) is 10.1 Å². The lowest BCUT2D eigenvalue weighted by molar-refractivity contribution is -0.155. The van der Waals surface area contributed by atoms with E-state index >= 15 is 0 Å². The minimum absolute atomic E-state index is 0.196. The molecule has 0 unspecified atom stereocenters. The molecule has 3 rings (SSSR count). The fourth-order valence-corrected chi connectivity index (χ4v) is 7.65. The second-order valence-corrected chi connectivity index (χ2v) is 13.6. The molecule has 2 aromatic rings. The molecule has 0 aliphatic carbocycles. The Balaban J connectivity index is 2.11. The van der Waals surface area contributed by atoms with Gasteiger partial charge in [-0.15, -0.1) is 11.8 Å². The Labute approximate surface area is 255 Å². The van der Waals surface area contributed by atoms with Gasteiger partial charge in [0.15, 0.2) is 0 Å². The fraction of sp³-hybridized carbons (Fsp3) is 0.483. The van der Waals surface area contributed by atoms with Gasteiger partial charge in [0.1, 0.15) is 28.8 Å². The molecule has 2 aromatic carbocycles. The highest BCUT2D eigenvalue weighted by Crippen LogP contribution is 2.35. The number of carbonyl (C=O) groups excluding carboxylic acids is 3. The number of thioether (sulfide) groups is 1. The van der Waals surface area contributed by atoms with Crippen LogP contribution in [-0.2, 0) is 30.8 Å². The molecule has 0 spiro atoms. The Hall–Kier alpha value is -3.23. The number of carbonyl (C=O) groups is 3. The Morgan fingerprint density at radius 1 is 1.05 bits per heavy atom. The van der Waals surface area contributed by atoms with Gasteiger partial charge in [0.2, 0.25) is 0 Å². The van der Waals surface area contributed by atoms with Crippen LogP contribution in [0.2, 0.25) is 0 Å². The SMILES string of the molecule is CCC1(CC)CS[C@@H](C(=O)N([C@@H](Cc2ccc(OC(=O)N(C)C)cc2)C(=O)OC(C)C)S(=O)(=O)c2cc(F)cc(F)c2)N1. The number of esters is 1. The van der Waals surface area contributed by atoms with Crippen molar-refractivity contribution >= 4 is 39.8 Å². The van der Waals surface area contributed by atoms with Crippen LogP contribution in [0.15, 0.2) is 47.4 Å². The normalized spacial score (nSPS) is 16.9. The maximum atomic E-state index is 14.2. The van der Waals surface area contributed by atoms with Crippen LogP contribution in [0.25, 0.3) is 0 Å².